The zero-order valence-electron chi connectivity index (χ0n) is 17.9. The van der Waals surface area contributed by atoms with Gasteiger partial charge in [-0.3, -0.25) is 0 Å². The van der Waals surface area contributed by atoms with Crippen LogP contribution in [0.4, 0.5) is 0 Å². The van der Waals surface area contributed by atoms with Crippen molar-refractivity contribution in [3.05, 3.63) is 23.8 Å². The van der Waals surface area contributed by atoms with Gasteiger partial charge in [-0.2, -0.15) is 0 Å². The van der Waals surface area contributed by atoms with Crippen molar-refractivity contribution in [2.75, 3.05) is 13.7 Å². The van der Waals surface area contributed by atoms with Crippen molar-refractivity contribution in [1.29, 1.82) is 0 Å². The molecular formula is C20H35NO3SiSn. The predicted molar refractivity (Wildman–Crippen MR) is 115 cm³/mol. The number of hydrogen-bond donors (Lipinski definition) is 0. The summed E-state index contributed by atoms with van der Waals surface area (Å²) in [7, 11) is -0.0373. The van der Waals surface area contributed by atoms with Gasteiger partial charge in [0.15, 0.2) is 0 Å². The molecule has 0 radical (unpaired) electrons. The van der Waals surface area contributed by atoms with E-state index in [0.717, 1.165) is 23.4 Å². The number of hydrogen-bond acceptors (Lipinski definition) is 4. The fraction of sp³-hybridized carbons (Fsp3) is 0.650. The molecule has 146 valence electrons. The van der Waals surface area contributed by atoms with Crippen LogP contribution in [0.1, 0.15) is 32.8 Å². The number of ether oxygens (including phenoxy) is 1. The zero-order valence-corrected chi connectivity index (χ0v) is 21.7. The van der Waals surface area contributed by atoms with Crippen molar-refractivity contribution in [3.8, 4) is 5.75 Å². The first-order valence-corrected chi connectivity index (χ1v) is 22.3. The maximum absolute atomic E-state index is 6.30. The van der Waals surface area contributed by atoms with Gasteiger partial charge in [0.1, 0.15) is 0 Å². The van der Waals surface area contributed by atoms with Gasteiger partial charge in [-0.25, -0.2) is 0 Å². The van der Waals surface area contributed by atoms with E-state index >= 15 is 0 Å². The Morgan fingerprint density at radius 1 is 1.23 bits per heavy atom. The third kappa shape index (κ3) is 5.04. The second kappa shape index (κ2) is 7.84. The topological polar surface area (TPSA) is 40.0 Å². The number of oxime groups is 1. The van der Waals surface area contributed by atoms with Crippen molar-refractivity contribution in [2.24, 2.45) is 5.16 Å². The van der Waals surface area contributed by atoms with Crippen LogP contribution < -0.4 is 8.32 Å². The summed E-state index contributed by atoms with van der Waals surface area (Å²) in [6, 6.07) is 6.60. The van der Waals surface area contributed by atoms with Crippen molar-refractivity contribution in [3.63, 3.8) is 0 Å². The van der Waals surface area contributed by atoms with Crippen LogP contribution in [0.15, 0.2) is 23.4 Å². The van der Waals surface area contributed by atoms with Crippen molar-refractivity contribution >= 4 is 36.0 Å². The van der Waals surface area contributed by atoms with E-state index in [1.54, 1.807) is 7.11 Å². The van der Waals surface area contributed by atoms with E-state index in [0.29, 0.717) is 6.61 Å². The van der Waals surface area contributed by atoms with Gasteiger partial charge in [-0.15, -0.1) is 0 Å². The number of rotatable bonds is 6. The summed E-state index contributed by atoms with van der Waals surface area (Å²) in [5.74, 6) is 0.905. The van der Waals surface area contributed by atoms with Gasteiger partial charge in [-0.1, -0.05) is 0 Å². The first-order valence-electron chi connectivity index (χ1n) is 9.41. The van der Waals surface area contributed by atoms with Crippen molar-refractivity contribution in [2.45, 2.75) is 66.2 Å². The van der Waals surface area contributed by atoms with E-state index in [9.17, 15) is 0 Å². The van der Waals surface area contributed by atoms with Crippen LogP contribution in [0.25, 0.3) is 0 Å². The Morgan fingerprint density at radius 2 is 1.88 bits per heavy atom. The van der Waals surface area contributed by atoms with Gasteiger partial charge in [0.05, 0.1) is 0 Å². The molecular weight excluding hydrogens is 449 g/mol. The fourth-order valence-electron chi connectivity index (χ4n) is 2.59. The van der Waals surface area contributed by atoms with Gasteiger partial charge in [-0.05, 0) is 0 Å². The van der Waals surface area contributed by atoms with Crippen molar-refractivity contribution in [1.82, 2.24) is 0 Å². The zero-order chi connectivity index (χ0) is 19.8. The average molecular weight is 484 g/mol. The molecule has 0 aliphatic carbocycles. The van der Waals surface area contributed by atoms with E-state index in [-0.39, 0.29) is 11.1 Å². The average Bonchev–Trinajstić information content (AvgIpc) is 2.99. The minimum atomic E-state index is -2.12. The molecule has 0 bridgehead atoms. The first-order chi connectivity index (χ1) is 11.8. The summed E-state index contributed by atoms with van der Waals surface area (Å²) >= 11 is -2.12. The van der Waals surface area contributed by atoms with Gasteiger partial charge in [0.2, 0.25) is 0 Å². The molecule has 1 atom stereocenters. The van der Waals surface area contributed by atoms with E-state index < -0.39 is 26.7 Å². The Labute approximate surface area is 164 Å². The molecule has 1 heterocycles. The molecule has 0 aromatic heterocycles. The monoisotopic (exact) mass is 485 g/mol. The summed E-state index contributed by atoms with van der Waals surface area (Å²) in [5.41, 5.74) is 2.00. The molecule has 1 unspecified atom stereocenters. The molecule has 0 amide bonds. The number of methoxy groups -OCH3 is 1. The fourth-order valence-corrected chi connectivity index (χ4v) is 6.90. The van der Waals surface area contributed by atoms with Crippen LogP contribution in [-0.2, 0) is 9.26 Å². The summed E-state index contributed by atoms with van der Waals surface area (Å²) in [4.78, 5) is 12.9. The Kier molecular flexibility index (Phi) is 6.56. The van der Waals surface area contributed by atoms with Crippen LogP contribution >= 0.6 is 0 Å². The molecule has 6 heteroatoms. The van der Waals surface area contributed by atoms with E-state index in [2.05, 4.69) is 72.0 Å². The van der Waals surface area contributed by atoms with Gasteiger partial charge in [0, 0.05) is 0 Å². The van der Waals surface area contributed by atoms with E-state index in [1.807, 2.05) is 0 Å². The van der Waals surface area contributed by atoms with Gasteiger partial charge < -0.3 is 0 Å². The Hall–Kier alpha value is -0.534. The molecule has 1 aromatic rings. The Bertz CT molecular complexity index is 675. The predicted octanol–water partition coefficient (Wildman–Crippen LogP) is 4.76. The van der Waals surface area contributed by atoms with E-state index in [1.165, 1.54) is 3.58 Å². The molecule has 26 heavy (non-hydrogen) atoms. The number of nitrogens with zero attached hydrogens (tertiary/aromatic N) is 1. The normalized spacial score (nSPS) is 18.5. The minimum absolute atomic E-state index is 0.00898. The quantitative estimate of drug-likeness (QED) is 0.548. The third-order valence-electron chi connectivity index (χ3n) is 5.55. The second-order valence-electron chi connectivity index (χ2n) is 9.71. The molecule has 1 aromatic carbocycles. The molecule has 0 saturated carbocycles. The molecule has 0 N–H and O–H groups in total. The van der Waals surface area contributed by atoms with Gasteiger partial charge >= 0.3 is 165 Å². The summed E-state index contributed by atoms with van der Waals surface area (Å²) in [6.45, 7) is 11.9. The summed E-state index contributed by atoms with van der Waals surface area (Å²) in [6.07, 6.45) is 0.758. The van der Waals surface area contributed by atoms with E-state index in [4.69, 9.17) is 14.0 Å². The van der Waals surface area contributed by atoms with Crippen LogP contribution in [0.5, 0.6) is 5.75 Å². The maximum atomic E-state index is 6.30. The SMILES string of the molecule is COc1c[c]([Sn]([CH3])([CH3])[CH3])ccc1C1=NOC(CO[Si](C)(C)C(C)(C)C)C1. The Morgan fingerprint density at radius 3 is 2.42 bits per heavy atom. The molecule has 2 rings (SSSR count). The van der Waals surface area contributed by atoms with Crippen LogP contribution in [0.3, 0.4) is 0 Å². The standard InChI is InChI=1S/C17H26NO3Si.3CH3.Sn/c1-17(2,3)22(5,6)20-12-13-11-15(18-21-13)14-9-7-8-10-16(14)19-4;;;;/h7,9-10,13H,11-12H2,1-6H3;3*1H3;. The molecule has 4 nitrogen and oxygen atoms in total. The summed E-state index contributed by atoms with van der Waals surface area (Å²) in [5, 5.41) is 4.54. The molecule has 0 fully saturated rings. The number of benzene rings is 1. The van der Waals surface area contributed by atoms with Crippen LogP contribution in [0, 0.1) is 0 Å². The van der Waals surface area contributed by atoms with Gasteiger partial charge in [0.25, 0.3) is 0 Å². The van der Waals surface area contributed by atoms with Crippen LogP contribution in [-0.4, -0.2) is 52.2 Å². The summed E-state index contributed by atoms with van der Waals surface area (Å²) < 4.78 is 13.4. The van der Waals surface area contributed by atoms with Crippen LogP contribution in [0.2, 0.25) is 33.0 Å². The van der Waals surface area contributed by atoms with Crippen molar-refractivity contribution < 1.29 is 14.0 Å². The molecule has 0 spiro atoms. The third-order valence-corrected chi connectivity index (χ3v) is 15.9. The molecule has 1 aliphatic heterocycles. The Balaban J connectivity index is 2.07. The first kappa shape index (κ1) is 21.8. The second-order valence-corrected chi connectivity index (χ2v) is 29.0. The molecule has 0 saturated heterocycles. The molecule has 1 aliphatic rings.